The number of ether oxygens (including phenoxy) is 1. The predicted molar refractivity (Wildman–Crippen MR) is 88.4 cm³/mol. The van der Waals surface area contributed by atoms with Gasteiger partial charge in [0.2, 0.25) is 0 Å². The second-order valence-corrected chi connectivity index (χ2v) is 5.30. The first-order chi connectivity index (χ1) is 10.7. The summed E-state index contributed by atoms with van der Waals surface area (Å²) in [6.07, 6.45) is 1.06. The average molecular weight is 297 g/mol. The van der Waals surface area contributed by atoms with Crippen molar-refractivity contribution in [1.29, 1.82) is 0 Å². The summed E-state index contributed by atoms with van der Waals surface area (Å²) in [7, 11) is 0. The van der Waals surface area contributed by atoms with E-state index in [1.54, 1.807) is 0 Å². The van der Waals surface area contributed by atoms with Gasteiger partial charge in [0, 0.05) is 18.4 Å². The van der Waals surface area contributed by atoms with Crippen molar-refractivity contribution < 1.29 is 9.53 Å². The number of esters is 1. The third-order valence-electron chi connectivity index (χ3n) is 3.81. The normalized spacial score (nSPS) is 13.4. The highest BCUT2D eigenvalue weighted by Crippen LogP contribution is 2.33. The van der Waals surface area contributed by atoms with E-state index < -0.39 is 0 Å². The Labute approximate surface area is 132 Å². The van der Waals surface area contributed by atoms with E-state index in [1.165, 1.54) is 0 Å². The van der Waals surface area contributed by atoms with Crippen molar-refractivity contribution >= 4 is 5.97 Å². The van der Waals surface area contributed by atoms with Crippen LogP contribution in [0.4, 0.5) is 0 Å². The van der Waals surface area contributed by atoms with Crippen LogP contribution in [0.5, 0.6) is 0 Å². The standard InChI is InChI=1S/C19H23NO2/c1-2-22-18(21)14-13-17(15-9-5-3-6-10-15)19(20)16-11-7-4-8-12-16/h3-12,17,19H,2,13-14,20H2,1H3. The van der Waals surface area contributed by atoms with Crippen LogP contribution in [0, 0.1) is 0 Å². The van der Waals surface area contributed by atoms with Gasteiger partial charge in [-0.3, -0.25) is 4.79 Å². The predicted octanol–water partition coefficient (Wildman–Crippen LogP) is 3.81. The van der Waals surface area contributed by atoms with Gasteiger partial charge in [-0.15, -0.1) is 0 Å². The fraction of sp³-hybridized carbons (Fsp3) is 0.316. The van der Waals surface area contributed by atoms with E-state index in [4.69, 9.17) is 10.5 Å². The van der Waals surface area contributed by atoms with Crippen LogP contribution in [0.3, 0.4) is 0 Å². The Hall–Kier alpha value is -2.13. The van der Waals surface area contributed by atoms with E-state index in [9.17, 15) is 4.79 Å². The first-order valence-electron chi connectivity index (χ1n) is 7.73. The van der Waals surface area contributed by atoms with E-state index in [0.29, 0.717) is 19.4 Å². The largest absolute Gasteiger partial charge is 0.466 e. The lowest BCUT2D eigenvalue weighted by Crippen LogP contribution is -2.21. The molecule has 3 heteroatoms. The monoisotopic (exact) mass is 297 g/mol. The van der Waals surface area contributed by atoms with Gasteiger partial charge in [-0.05, 0) is 24.5 Å². The van der Waals surface area contributed by atoms with Crippen LogP contribution in [0.2, 0.25) is 0 Å². The molecule has 0 aliphatic carbocycles. The van der Waals surface area contributed by atoms with Crippen LogP contribution in [-0.4, -0.2) is 12.6 Å². The Balaban J connectivity index is 2.16. The first-order valence-corrected chi connectivity index (χ1v) is 7.73. The van der Waals surface area contributed by atoms with Crippen molar-refractivity contribution in [2.45, 2.75) is 31.7 Å². The van der Waals surface area contributed by atoms with Crippen molar-refractivity contribution in [2.24, 2.45) is 5.73 Å². The van der Waals surface area contributed by atoms with Crippen LogP contribution >= 0.6 is 0 Å². The molecule has 0 aliphatic rings. The molecule has 0 aliphatic heterocycles. The van der Waals surface area contributed by atoms with Crippen molar-refractivity contribution in [3.63, 3.8) is 0 Å². The Kier molecular flexibility index (Phi) is 6.16. The van der Waals surface area contributed by atoms with Gasteiger partial charge in [0.15, 0.2) is 0 Å². The minimum Gasteiger partial charge on any atom is -0.466 e. The maximum atomic E-state index is 11.7. The molecule has 0 fully saturated rings. The van der Waals surface area contributed by atoms with Crippen LogP contribution in [0.15, 0.2) is 60.7 Å². The van der Waals surface area contributed by atoms with E-state index in [0.717, 1.165) is 11.1 Å². The molecule has 0 radical (unpaired) electrons. The average Bonchev–Trinajstić information content (AvgIpc) is 2.57. The number of nitrogens with two attached hydrogens (primary N) is 1. The van der Waals surface area contributed by atoms with Gasteiger partial charge in [-0.1, -0.05) is 60.7 Å². The van der Waals surface area contributed by atoms with Crippen molar-refractivity contribution in [3.8, 4) is 0 Å². The summed E-state index contributed by atoms with van der Waals surface area (Å²) >= 11 is 0. The molecule has 22 heavy (non-hydrogen) atoms. The highest BCUT2D eigenvalue weighted by Gasteiger charge is 2.22. The van der Waals surface area contributed by atoms with Gasteiger partial charge in [0.05, 0.1) is 6.61 Å². The Morgan fingerprint density at radius 3 is 2.09 bits per heavy atom. The van der Waals surface area contributed by atoms with E-state index in [-0.39, 0.29) is 17.9 Å². The number of hydrogen-bond donors (Lipinski definition) is 1. The molecule has 116 valence electrons. The zero-order chi connectivity index (χ0) is 15.8. The van der Waals surface area contributed by atoms with E-state index >= 15 is 0 Å². The van der Waals surface area contributed by atoms with Gasteiger partial charge in [-0.2, -0.15) is 0 Å². The second kappa shape index (κ2) is 8.35. The highest BCUT2D eigenvalue weighted by molar-refractivity contribution is 5.69. The lowest BCUT2D eigenvalue weighted by atomic mass is 9.84. The van der Waals surface area contributed by atoms with Crippen LogP contribution in [-0.2, 0) is 9.53 Å². The zero-order valence-electron chi connectivity index (χ0n) is 12.9. The molecule has 2 atom stereocenters. The fourth-order valence-corrected chi connectivity index (χ4v) is 2.67. The summed E-state index contributed by atoms with van der Waals surface area (Å²) in [6, 6.07) is 20.0. The zero-order valence-corrected chi connectivity index (χ0v) is 12.9. The molecule has 2 N–H and O–H groups in total. The lowest BCUT2D eigenvalue weighted by Gasteiger charge is -2.24. The maximum Gasteiger partial charge on any atom is 0.305 e. The molecular formula is C19H23NO2. The van der Waals surface area contributed by atoms with Gasteiger partial charge in [-0.25, -0.2) is 0 Å². The molecular weight excluding hydrogens is 274 g/mol. The topological polar surface area (TPSA) is 52.3 Å². The van der Waals surface area contributed by atoms with Crippen LogP contribution < -0.4 is 5.73 Å². The van der Waals surface area contributed by atoms with Crippen LogP contribution in [0.25, 0.3) is 0 Å². The highest BCUT2D eigenvalue weighted by atomic mass is 16.5. The number of hydrogen-bond acceptors (Lipinski definition) is 3. The summed E-state index contributed by atoms with van der Waals surface area (Å²) in [6.45, 7) is 2.24. The quantitative estimate of drug-likeness (QED) is 0.791. The molecule has 0 bridgehead atoms. The molecule has 3 nitrogen and oxygen atoms in total. The van der Waals surface area contributed by atoms with Gasteiger partial charge in [0.25, 0.3) is 0 Å². The smallest absolute Gasteiger partial charge is 0.305 e. The second-order valence-electron chi connectivity index (χ2n) is 5.30. The number of rotatable bonds is 7. The minimum absolute atomic E-state index is 0.0907. The molecule has 2 rings (SSSR count). The summed E-state index contributed by atoms with van der Waals surface area (Å²) in [5, 5.41) is 0. The number of benzene rings is 2. The molecule has 0 saturated heterocycles. The fourth-order valence-electron chi connectivity index (χ4n) is 2.67. The minimum atomic E-state index is -0.163. The van der Waals surface area contributed by atoms with Crippen molar-refractivity contribution in [2.75, 3.05) is 6.61 Å². The summed E-state index contributed by atoms with van der Waals surface area (Å²) < 4.78 is 5.03. The van der Waals surface area contributed by atoms with Crippen molar-refractivity contribution in [3.05, 3.63) is 71.8 Å². The first kappa shape index (κ1) is 16.2. The van der Waals surface area contributed by atoms with Crippen LogP contribution in [0.1, 0.15) is 42.9 Å². The van der Waals surface area contributed by atoms with Gasteiger partial charge >= 0.3 is 5.97 Å². The molecule has 0 spiro atoms. The molecule has 2 aromatic carbocycles. The SMILES string of the molecule is CCOC(=O)CCC(c1ccccc1)C(N)c1ccccc1. The molecule has 2 unspecified atom stereocenters. The Morgan fingerprint density at radius 2 is 1.55 bits per heavy atom. The number of carbonyl (C=O) groups excluding carboxylic acids is 1. The van der Waals surface area contributed by atoms with Gasteiger partial charge < -0.3 is 10.5 Å². The maximum absolute atomic E-state index is 11.7. The Bertz CT molecular complexity index is 569. The third kappa shape index (κ3) is 4.43. The van der Waals surface area contributed by atoms with E-state index in [2.05, 4.69) is 12.1 Å². The molecule has 2 aromatic rings. The Morgan fingerprint density at radius 1 is 1.00 bits per heavy atom. The third-order valence-corrected chi connectivity index (χ3v) is 3.81. The summed E-state index contributed by atoms with van der Waals surface area (Å²) in [5.74, 6) is -0.0725. The lowest BCUT2D eigenvalue weighted by molar-refractivity contribution is -0.143. The van der Waals surface area contributed by atoms with Gasteiger partial charge in [0.1, 0.15) is 0 Å². The summed E-state index contributed by atoms with van der Waals surface area (Å²) in [4.78, 5) is 11.7. The number of carbonyl (C=O) groups is 1. The van der Waals surface area contributed by atoms with Crippen molar-refractivity contribution in [1.82, 2.24) is 0 Å². The summed E-state index contributed by atoms with van der Waals surface area (Å²) in [5.41, 5.74) is 8.72. The van der Waals surface area contributed by atoms with E-state index in [1.807, 2.05) is 55.5 Å². The molecule has 0 saturated carbocycles. The molecule has 0 heterocycles. The molecule has 0 amide bonds. The molecule has 0 aromatic heterocycles.